The van der Waals surface area contributed by atoms with Gasteiger partial charge in [-0.2, -0.15) is 8.78 Å². The van der Waals surface area contributed by atoms with Gasteiger partial charge in [-0.05, 0) is 42.0 Å². The van der Waals surface area contributed by atoms with Crippen molar-refractivity contribution < 1.29 is 23.0 Å². The zero-order valence-electron chi connectivity index (χ0n) is 16.6. The van der Waals surface area contributed by atoms with Crippen LogP contribution in [0, 0.1) is 0 Å². The third-order valence-electron chi connectivity index (χ3n) is 4.82. The van der Waals surface area contributed by atoms with Gasteiger partial charge in [-0.1, -0.05) is 23.7 Å². The van der Waals surface area contributed by atoms with Crippen LogP contribution in [0.15, 0.2) is 67.0 Å². The van der Waals surface area contributed by atoms with Crippen molar-refractivity contribution in [2.45, 2.75) is 25.7 Å². The van der Waals surface area contributed by atoms with E-state index in [4.69, 9.17) is 21.1 Å². The van der Waals surface area contributed by atoms with Crippen LogP contribution in [0.1, 0.15) is 12.0 Å². The molecule has 0 spiro atoms. The van der Waals surface area contributed by atoms with Crippen molar-refractivity contribution in [1.82, 2.24) is 4.98 Å². The fourth-order valence-electron chi connectivity index (χ4n) is 3.39. The molecule has 4 rings (SSSR count). The van der Waals surface area contributed by atoms with E-state index >= 15 is 0 Å². The van der Waals surface area contributed by atoms with Crippen LogP contribution >= 0.6 is 11.6 Å². The fraction of sp³-hybridized carbons (Fsp3) is 0.261. The fourth-order valence-corrected chi connectivity index (χ4v) is 3.57. The van der Waals surface area contributed by atoms with Crippen molar-refractivity contribution in [3.8, 4) is 11.5 Å². The molecule has 0 unspecified atom stereocenters. The summed E-state index contributed by atoms with van der Waals surface area (Å²) in [6.07, 6.45) is 3.96. The number of pyridine rings is 1. The molecule has 0 amide bonds. The minimum absolute atomic E-state index is 0.0157. The normalized spacial score (nSPS) is 15.8. The Morgan fingerprint density at radius 2 is 1.97 bits per heavy atom. The Balaban J connectivity index is 1.72. The molecule has 1 fully saturated rings. The number of anilines is 2. The molecule has 0 aliphatic carbocycles. The van der Waals surface area contributed by atoms with E-state index in [1.807, 2.05) is 35.2 Å². The van der Waals surface area contributed by atoms with E-state index in [2.05, 4.69) is 9.72 Å². The van der Waals surface area contributed by atoms with Crippen LogP contribution in [0.2, 0.25) is 5.02 Å². The van der Waals surface area contributed by atoms with Crippen LogP contribution in [0.25, 0.3) is 0 Å². The lowest BCUT2D eigenvalue weighted by atomic mass is 10.1. The summed E-state index contributed by atoms with van der Waals surface area (Å²) < 4.78 is 41.9. The maximum Gasteiger partial charge on any atom is 0.387 e. The minimum atomic E-state index is -2.95. The van der Waals surface area contributed by atoms with Crippen molar-refractivity contribution >= 4 is 23.0 Å². The van der Waals surface area contributed by atoms with Crippen LogP contribution in [-0.2, 0) is 11.3 Å². The van der Waals surface area contributed by atoms with Crippen molar-refractivity contribution in [2.75, 3.05) is 18.1 Å². The average molecular weight is 447 g/mol. The summed E-state index contributed by atoms with van der Waals surface area (Å²) in [5, 5.41) is 0.589. The SMILES string of the molecule is FC(F)Oc1ccc(N(Cc2cccnc2)c2cccc(Cl)c2)cc1O[C@@H]1CCOC1. The van der Waals surface area contributed by atoms with Crippen LogP contribution in [0.3, 0.4) is 0 Å². The van der Waals surface area contributed by atoms with Crippen molar-refractivity contribution in [2.24, 2.45) is 0 Å². The number of nitrogens with zero attached hydrogens (tertiary/aromatic N) is 2. The van der Waals surface area contributed by atoms with Crippen LogP contribution in [0.4, 0.5) is 20.2 Å². The lowest BCUT2D eigenvalue weighted by molar-refractivity contribution is -0.0520. The first kappa shape index (κ1) is 21.3. The quantitative estimate of drug-likeness (QED) is 0.434. The molecule has 0 radical (unpaired) electrons. The van der Waals surface area contributed by atoms with Crippen LogP contribution in [0.5, 0.6) is 11.5 Å². The monoisotopic (exact) mass is 446 g/mol. The summed E-state index contributed by atoms with van der Waals surface area (Å²) in [4.78, 5) is 6.19. The molecular weight excluding hydrogens is 426 g/mol. The van der Waals surface area contributed by atoms with E-state index in [0.717, 1.165) is 16.9 Å². The Labute approximate surface area is 184 Å². The molecule has 1 aliphatic rings. The van der Waals surface area contributed by atoms with Crippen molar-refractivity contribution in [3.63, 3.8) is 0 Å². The van der Waals surface area contributed by atoms with Gasteiger partial charge in [0.2, 0.25) is 0 Å². The summed E-state index contributed by atoms with van der Waals surface area (Å²) >= 11 is 6.23. The first-order valence-corrected chi connectivity index (χ1v) is 10.2. The predicted octanol–water partition coefficient (Wildman–Crippen LogP) is 5.84. The van der Waals surface area contributed by atoms with Gasteiger partial charge in [-0.15, -0.1) is 0 Å². The molecule has 2 heterocycles. The minimum Gasteiger partial charge on any atom is -0.484 e. The number of aromatic nitrogens is 1. The zero-order chi connectivity index (χ0) is 21.6. The number of benzene rings is 2. The van der Waals surface area contributed by atoms with Gasteiger partial charge in [-0.25, -0.2) is 0 Å². The Morgan fingerprint density at radius 1 is 1.10 bits per heavy atom. The third-order valence-corrected chi connectivity index (χ3v) is 5.06. The summed E-state index contributed by atoms with van der Waals surface area (Å²) in [6.45, 7) is -1.47. The molecule has 8 heteroatoms. The lowest BCUT2D eigenvalue weighted by Crippen LogP contribution is -2.19. The predicted molar refractivity (Wildman–Crippen MR) is 114 cm³/mol. The third kappa shape index (κ3) is 5.62. The largest absolute Gasteiger partial charge is 0.484 e. The number of ether oxygens (including phenoxy) is 3. The molecule has 3 aromatic rings. The summed E-state index contributed by atoms with van der Waals surface area (Å²) in [6, 6.07) is 16.2. The van der Waals surface area contributed by atoms with E-state index < -0.39 is 6.61 Å². The molecule has 1 atom stereocenters. The molecule has 2 aromatic carbocycles. The van der Waals surface area contributed by atoms with Gasteiger partial charge < -0.3 is 19.1 Å². The van der Waals surface area contributed by atoms with E-state index in [0.29, 0.717) is 31.2 Å². The second-order valence-electron chi connectivity index (χ2n) is 7.04. The highest BCUT2D eigenvalue weighted by Gasteiger charge is 2.22. The molecule has 31 heavy (non-hydrogen) atoms. The molecular formula is C23H21ClF2N2O3. The van der Waals surface area contributed by atoms with Gasteiger partial charge >= 0.3 is 6.61 Å². The second kappa shape index (κ2) is 9.94. The smallest absolute Gasteiger partial charge is 0.387 e. The summed E-state index contributed by atoms with van der Waals surface area (Å²) in [5.74, 6) is 0.226. The molecule has 1 aliphatic heterocycles. The Bertz CT molecular complexity index is 1000. The highest BCUT2D eigenvalue weighted by molar-refractivity contribution is 6.30. The van der Waals surface area contributed by atoms with Crippen molar-refractivity contribution in [3.05, 3.63) is 77.6 Å². The van der Waals surface area contributed by atoms with Gasteiger partial charge in [0.05, 0.1) is 13.2 Å². The maximum atomic E-state index is 12.9. The first-order chi connectivity index (χ1) is 15.1. The Kier molecular flexibility index (Phi) is 6.84. The van der Waals surface area contributed by atoms with E-state index in [1.165, 1.54) is 6.07 Å². The van der Waals surface area contributed by atoms with Gasteiger partial charge in [0, 0.05) is 47.8 Å². The van der Waals surface area contributed by atoms with E-state index in [-0.39, 0.29) is 17.6 Å². The van der Waals surface area contributed by atoms with Gasteiger partial charge in [0.25, 0.3) is 0 Å². The molecule has 1 aromatic heterocycles. The number of hydrogen-bond donors (Lipinski definition) is 0. The number of halogens is 3. The molecule has 0 saturated carbocycles. The Hall–Kier alpha value is -2.90. The van der Waals surface area contributed by atoms with E-state index in [1.54, 1.807) is 30.6 Å². The van der Waals surface area contributed by atoms with E-state index in [9.17, 15) is 8.78 Å². The summed E-state index contributed by atoms with van der Waals surface area (Å²) in [5.41, 5.74) is 2.55. The first-order valence-electron chi connectivity index (χ1n) is 9.84. The number of rotatable bonds is 8. The van der Waals surface area contributed by atoms with Crippen LogP contribution < -0.4 is 14.4 Å². The topological polar surface area (TPSA) is 43.8 Å². The number of hydrogen-bond acceptors (Lipinski definition) is 5. The lowest BCUT2D eigenvalue weighted by Gasteiger charge is -2.27. The van der Waals surface area contributed by atoms with Gasteiger partial charge in [0.15, 0.2) is 11.5 Å². The molecule has 0 bridgehead atoms. The molecule has 1 saturated heterocycles. The molecule has 0 N–H and O–H groups in total. The molecule has 5 nitrogen and oxygen atoms in total. The summed E-state index contributed by atoms with van der Waals surface area (Å²) in [7, 11) is 0. The second-order valence-corrected chi connectivity index (χ2v) is 7.48. The van der Waals surface area contributed by atoms with Gasteiger partial charge in [0.1, 0.15) is 6.10 Å². The molecule has 162 valence electrons. The standard InChI is InChI=1S/C23H21ClF2N2O3/c24-17-4-1-5-18(11-17)28(14-16-3-2-9-27-13-16)19-6-7-21(31-23(25)26)22(12-19)30-20-8-10-29-15-20/h1-7,9,11-13,20,23H,8,10,14-15H2/t20-/m1/s1. The number of alkyl halides is 2. The van der Waals surface area contributed by atoms with Gasteiger partial charge in [-0.3, -0.25) is 4.98 Å². The highest BCUT2D eigenvalue weighted by atomic mass is 35.5. The van der Waals surface area contributed by atoms with Crippen molar-refractivity contribution in [1.29, 1.82) is 0 Å². The Morgan fingerprint density at radius 3 is 2.68 bits per heavy atom. The highest BCUT2D eigenvalue weighted by Crippen LogP contribution is 2.38. The average Bonchev–Trinajstić information content (AvgIpc) is 3.27. The van der Waals surface area contributed by atoms with Crippen LogP contribution in [-0.4, -0.2) is 30.9 Å². The maximum absolute atomic E-state index is 12.9. The zero-order valence-corrected chi connectivity index (χ0v) is 17.3.